The Balaban J connectivity index is 2.18. The fourth-order valence-corrected chi connectivity index (χ4v) is 2.28. The van der Waals surface area contributed by atoms with Crippen LogP contribution in [0.1, 0.15) is 30.6 Å². The first-order chi connectivity index (χ1) is 9.61. The highest BCUT2D eigenvalue weighted by Gasteiger charge is 2.16. The quantitative estimate of drug-likeness (QED) is 0.862. The lowest BCUT2D eigenvalue weighted by Crippen LogP contribution is -2.38. The highest BCUT2D eigenvalue weighted by Crippen LogP contribution is 2.13. The molecule has 1 aromatic heterocycles. The van der Waals surface area contributed by atoms with Crippen LogP contribution < -0.4 is 5.32 Å². The van der Waals surface area contributed by atoms with Crippen molar-refractivity contribution < 1.29 is 4.79 Å². The summed E-state index contributed by atoms with van der Waals surface area (Å²) in [6.07, 6.45) is 4.02. The van der Waals surface area contributed by atoms with Gasteiger partial charge in [-0.3, -0.25) is 14.8 Å². The van der Waals surface area contributed by atoms with Crippen LogP contribution >= 0.6 is 11.6 Å². The van der Waals surface area contributed by atoms with Crippen molar-refractivity contribution in [1.82, 2.24) is 15.3 Å². The van der Waals surface area contributed by atoms with Gasteiger partial charge in [0.25, 0.3) is 5.91 Å². The third-order valence-corrected chi connectivity index (χ3v) is 3.49. The third kappa shape index (κ3) is 3.45. The summed E-state index contributed by atoms with van der Waals surface area (Å²) < 4.78 is 0. The number of hydrogen-bond acceptors (Lipinski definition) is 3. The first kappa shape index (κ1) is 14.7. The number of carbonyl (C=O) groups excluding carboxylic acids is 1. The molecule has 20 heavy (non-hydrogen) atoms. The van der Waals surface area contributed by atoms with E-state index in [1.165, 1.54) is 0 Å². The molecule has 0 aliphatic carbocycles. The molecule has 1 N–H and O–H groups in total. The molecule has 2 rings (SSSR count). The second-order valence-corrected chi connectivity index (χ2v) is 5.44. The van der Waals surface area contributed by atoms with E-state index in [-0.39, 0.29) is 11.9 Å². The highest BCUT2D eigenvalue weighted by atomic mass is 35.5. The van der Waals surface area contributed by atoms with Crippen LogP contribution in [0.5, 0.6) is 0 Å². The van der Waals surface area contributed by atoms with E-state index in [9.17, 15) is 4.79 Å². The predicted molar refractivity (Wildman–Crippen MR) is 81.0 cm³/mol. The number of nitrogens with one attached hydrogen (secondary N) is 1. The highest BCUT2D eigenvalue weighted by molar-refractivity contribution is 6.17. The molecule has 106 valence electrons. The van der Waals surface area contributed by atoms with Crippen molar-refractivity contribution in [1.29, 1.82) is 0 Å². The zero-order chi connectivity index (χ0) is 14.5. The topological polar surface area (TPSA) is 54.9 Å². The number of hydrogen-bond donors (Lipinski definition) is 1. The van der Waals surface area contributed by atoms with Gasteiger partial charge >= 0.3 is 0 Å². The summed E-state index contributed by atoms with van der Waals surface area (Å²) in [5.74, 6) is 0.783. The first-order valence-corrected chi connectivity index (χ1v) is 7.23. The molecule has 1 atom stereocenters. The number of rotatable bonds is 5. The molecule has 0 aliphatic rings. The van der Waals surface area contributed by atoms with Crippen LogP contribution in [-0.2, 0) is 0 Å². The van der Waals surface area contributed by atoms with Gasteiger partial charge in [0, 0.05) is 29.9 Å². The maximum Gasteiger partial charge on any atom is 0.251 e. The van der Waals surface area contributed by atoms with Crippen LogP contribution in [0.15, 0.2) is 30.6 Å². The zero-order valence-electron chi connectivity index (χ0n) is 11.6. The standard InChI is InChI=1S/C15H18ClN3O/c1-10(2)12(5-6-16)19-15(20)11-3-4-13-14(9-11)18-8-7-17-13/h3-4,7-10,12H,5-6H2,1-2H3,(H,19,20). The molecule has 0 fully saturated rings. The Morgan fingerprint density at radius 3 is 2.60 bits per heavy atom. The average Bonchev–Trinajstić information content (AvgIpc) is 2.46. The van der Waals surface area contributed by atoms with E-state index >= 15 is 0 Å². The van der Waals surface area contributed by atoms with Crippen molar-refractivity contribution in [3.63, 3.8) is 0 Å². The second kappa shape index (κ2) is 6.66. The molecule has 0 saturated carbocycles. The molecule has 0 bridgehead atoms. The van der Waals surface area contributed by atoms with E-state index in [0.717, 1.165) is 17.5 Å². The number of nitrogens with zero attached hydrogens (tertiary/aromatic N) is 2. The Morgan fingerprint density at radius 2 is 1.95 bits per heavy atom. The molecule has 1 unspecified atom stereocenters. The SMILES string of the molecule is CC(C)C(CCCl)NC(=O)c1ccc2nccnc2c1. The third-order valence-electron chi connectivity index (χ3n) is 3.27. The Hall–Kier alpha value is -1.68. The molecule has 0 saturated heterocycles. The van der Waals surface area contributed by atoms with Gasteiger partial charge in [-0.05, 0) is 30.5 Å². The summed E-state index contributed by atoms with van der Waals surface area (Å²) in [5, 5.41) is 3.03. The molecule has 0 radical (unpaired) electrons. The summed E-state index contributed by atoms with van der Waals surface area (Å²) in [4.78, 5) is 20.7. The number of fused-ring (bicyclic) bond motifs is 1. The molecular formula is C15H18ClN3O. The Labute approximate surface area is 123 Å². The molecule has 4 nitrogen and oxygen atoms in total. The lowest BCUT2D eigenvalue weighted by atomic mass is 10.0. The fraction of sp³-hybridized carbons (Fsp3) is 0.400. The predicted octanol–water partition coefficient (Wildman–Crippen LogP) is 3.01. The van der Waals surface area contributed by atoms with Crippen LogP contribution in [-0.4, -0.2) is 27.8 Å². The van der Waals surface area contributed by atoms with Gasteiger partial charge in [0.05, 0.1) is 11.0 Å². The van der Waals surface area contributed by atoms with Crippen LogP contribution in [0.2, 0.25) is 0 Å². The lowest BCUT2D eigenvalue weighted by Gasteiger charge is -2.21. The van der Waals surface area contributed by atoms with E-state index in [4.69, 9.17) is 11.6 Å². The van der Waals surface area contributed by atoms with Crippen LogP contribution in [0, 0.1) is 5.92 Å². The van der Waals surface area contributed by atoms with Gasteiger partial charge in [0.15, 0.2) is 0 Å². The second-order valence-electron chi connectivity index (χ2n) is 5.06. The minimum absolute atomic E-state index is 0.0811. The van der Waals surface area contributed by atoms with Gasteiger partial charge in [-0.25, -0.2) is 0 Å². The maximum absolute atomic E-state index is 12.3. The normalized spacial score (nSPS) is 12.6. The molecule has 5 heteroatoms. The lowest BCUT2D eigenvalue weighted by molar-refractivity contribution is 0.0925. The number of halogens is 1. The fourth-order valence-electron chi connectivity index (χ4n) is 2.05. The van der Waals surface area contributed by atoms with Crippen molar-refractivity contribution in [3.05, 3.63) is 36.2 Å². The summed E-state index contributed by atoms with van der Waals surface area (Å²) in [6.45, 7) is 4.15. The van der Waals surface area contributed by atoms with E-state index in [2.05, 4.69) is 29.1 Å². The van der Waals surface area contributed by atoms with Crippen molar-refractivity contribution in [2.75, 3.05) is 5.88 Å². The number of alkyl halides is 1. The van der Waals surface area contributed by atoms with Crippen molar-refractivity contribution in [2.45, 2.75) is 26.3 Å². The van der Waals surface area contributed by atoms with Gasteiger partial charge in [0.1, 0.15) is 0 Å². The summed E-state index contributed by atoms with van der Waals surface area (Å²) in [6, 6.07) is 5.42. The summed E-state index contributed by atoms with van der Waals surface area (Å²) in [7, 11) is 0. The van der Waals surface area contributed by atoms with Gasteiger partial charge in [-0.1, -0.05) is 13.8 Å². The smallest absolute Gasteiger partial charge is 0.251 e. The molecular weight excluding hydrogens is 274 g/mol. The minimum atomic E-state index is -0.0960. The first-order valence-electron chi connectivity index (χ1n) is 6.69. The largest absolute Gasteiger partial charge is 0.349 e. The monoisotopic (exact) mass is 291 g/mol. The van der Waals surface area contributed by atoms with Crippen molar-refractivity contribution in [2.24, 2.45) is 5.92 Å². The van der Waals surface area contributed by atoms with Crippen LogP contribution in [0.3, 0.4) is 0 Å². The van der Waals surface area contributed by atoms with Crippen LogP contribution in [0.25, 0.3) is 11.0 Å². The van der Waals surface area contributed by atoms with E-state index in [0.29, 0.717) is 17.4 Å². The van der Waals surface area contributed by atoms with Gasteiger partial charge in [0.2, 0.25) is 0 Å². The minimum Gasteiger partial charge on any atom is -0.349 e. The number of benzene rings is 1. The Morgan fingerprint density at radius 1 is 1.25 bits per heavy atom. The van der Waals surface area contributed by atoms with E-state index in [1.807, 2.05) is 6.07 Å². The molecule has 1 amide bonds. The van der Waals surface area contributed by atoms with Crippen molar-refractivity contribution in [3.8, 4) is 0 Å². The van der Waals surface area contributed by atoms with Gasteiger partial charge in [-0.15, -0.1) is 11.6 Å². The molecule has 1 aromatic carbocycles. The van der Waals surface area contributed by atoms with E-state index < -0.39 is 0 Å². The van der Waals surface area contributed by atoms with Crippen molar-refractivity contribution >= 4 is 28.5 Å². The maximum atomic E-state index is 12.3. The number of carbonyl (C=O) groups is 1. The number of amides is 1. The summed E-state index contributed by atoms with van der Waals surface area (Å²) >= 11 is 5.78. The summed E-state index contributed by atoms with van der Waals surface area (Å²) in [5.41, 5.74) is 2.10. The Kier molecular flexibility index (Phi) is 4.90. The van der Waals surface area contributed by atoms with E-state index in [1.54, 1.807) is 24.5 Å². The molecule has 2 aromatic rings. The Bertz CT molecular complexity index is 600. The van der Waals surface area contributed by atoms with Gasteiger partial charge < -0.3 is 5.32 Å². The molecule has 1 heterocycles. The van der Waals surface area contributed by atoms with Gasteiger partial charge in [-0.2, -0.15) is 0 Å². The average molecular weight is 292 g/mol. The van der Waals surface area contributed by atoms with Crippen LogP contribution in [0.4, 0.5) is 0 Å². The molecule has 0 spiro atoms. The molecule has 0 aliphatic heterocycles. The number of aromatic nitrogens is 2. The zero-order valence-corrected chi connectivity index (χ0v) is 12.4.